The van der Waals surface area contributed by atoms with Crippen LogP contribution in [0.4, 0.5) is 5.69 Å². The van der Waals surface area contributed by atoms with Gasteiger partial charge in [-0.1, -0.05) is 40.9 Å². The van der Waals surface area contributed by atoms with Crippen LogP contribution in [0.1, 0.15) is 10.5 Å². The highest BCUT2D eigenvalue weighted by molar-refractivity contribution is 7.90. The maximum atomic E-state index is 12.2. The van der Waals surface area contributed by atoms with Crippen LogP contribution in [0.2, 0.25) is 15.1 Å². The Bertz CT molecular complexity index is 836. The number of benzene rings is 1. The lowest BCUT2D eigenvalue weighted by Gasteiger charge is -2.09. The summed E-state index contributed by atoms with van der Waals surface area (Å²) >= 11 is 17.7. The number of amides is 1. The van der Waals surface area contributed by atoms with E-state index in [1.807, 2.05) is 0 Å². The number of sulfone groups is 1. The van der Waals surface area contributed by atoms with Crippen molar-refractivity contribution in [2.75, 3.05) is 11.6 Å². The fraction of sp³-hybridized carbons (Fsp3) is 0.0833. The van der Waals surface area contributed by atoms with E-state index in [2.05, 4.69) is 15.3 Å². The van der Waals surface area contributed by atoms with Gasteiger partial charge in [0.2, 0.25) is 15.0 Å². The summed E-state index contributed by atoms with van der Waals surface area (Å²) in [7, 11) is -3.68. The second kappa shape index (κ2) is 6.37. The highest BCUT2D eigenvalue weighted by Gasteiger charge is 2.20. The molecule has 0 atom stereocenters. The van der Waals surface area contributed by atoms with Gasteiger partial charge >= 0.3 is 0 Å². The zero-order valence-electron chi connectivity index (χ0n) is 11.0. The van der Waals surface area contributed by atoms with Gasteiger partial charge < -0.3 is 5.32 Å². The zero-order chi connectivity index (χ0) is 16.5. The minimum absolute atomic E-state index is 0.104. The van der Waals surface area contributed by atoms with Crippen LogP contribution in [0.15, 0.2) is 29.6 Å². The Morgan fingerprint density at radius 2 is 1.73 bits per heavy atom. The number of anilines is 1. The Morgan fingerprint density at radius 1 is 1.14 bits per heavy atom. The number of para-hydroxylation sites is 1. The SMILES string of the molecule is CS(=O)(=O)c1ncc(Cl)c(C(=O)Nc2c(Cl)cccc2Cl)n1. The molecule has 0 radical (unpaired) electrons. The third kappa shape index (κ3) is 3.67. The highest BCUT2D eigenvalue weighted by Crippen LogP contribution is 2.30. The molecule has 0 bridgehead atoms. The summed E-state index contributed by atoms with van der Waals surface area (Å²) < 4.78 is 22.9. The monoisotopic (exact) mass is 379 g/mol. The van der Waals surface area contributed by atoms with Crippen LogP contribution in [0, 0.1) is 0 Å². The first-order valence-electron chi connectivity index (χ1n) is 5.68. The van der Waals surface area contributed by atoms with E-state index >= 15 is 0 Å². The Balaban J connectivity index is 2.42. The van der Waals surface area contributed by atoms with E-state index in [1.54, 1.807) is 6.07 Å². The van der Waals surface area contributed by atoms with Crippen molar-refractivity contribution in [1.29, 1.82) is 0 Å². The average Bonchev–Trinajstić information content (AvgIpc) is 2.42. The molecule has 1 amide bonds. The molecule has 0 saturated carbocycles. The molecule has 0 unspecified atom stereocenters. The van der Waals surface area contributed by atoms with Gasteiger partial charge in [0, 0.05) is 6.26 Å². The molecule has 1 heterocycles. The van der Waals surface area contributed by atoms with Crippen molar-refractivity contribution in [2.24, 2.45) is 0 Å². The first-order valence-corrected chi connectivity index (χ1v) is 8.70. The van der Waals surface area contributed by atoms with E-state index in [1.165, 1.54) is 12.1 Å². The number of halogens is 3. The molecule has 1 aromatic heterocycles. The topological polar surface area (TPSA) is 89.0 Å². The molecular weight excluding hydrogens is 373 g/mol. The number of carbonyl (C=O) groups excluding carboxylic acids is 1. The van der Waals surface area contributed by atoms with Crippen molar-refractivity contribution >= 4 is 56.2 Å². The molecule has 6 nitrogen and oxygen atoms in total. The minimum atomic E-state index is -3.68. The summed E-state index contributed by atoms with van der Waals surface area (Å²) in [6.07, 6.45) is 1.96. The van der Waals surface area contributed by atoms with Gasteiger partial charge in [-0.05, 0) is 12.1 Å². The van der Waals surface area contributed by atoms with Crippen LogP contribution in [-0.4, -0.2) is 30.5 Å². The van der Waals surface area contributed by atoms with Crippen LogP contribution in [0.25, 0.3) is 0 Å². The van der Waals surface area contributed by atoms with Crippen LogP contribution in [0.5, 0.6) is 0 Å². The predicted octanol–water partition coefficient (Wildman–Crippen LogP) is 3.09. The molecule has 1 N–H and O–H groups in total. The first kappa shape index (κ1) is 17.0. The number of hydrogen-bond acceptors (Lipinski definition) is 5. The van der Waals surface area contributed by atoms with E-state index in [0.29, 0.717) is 0 Å². The summed E-state index contributed by atoms with van der Waals surface area (Å²) in [5.74, 6) is -0.757. The lowest BCUT2D eigenvalue weighted by atomic mass is 10.3. The van der Waals surface area contributed by atoms with Crippen molar-refractivity contribution in [3.8, 4) is 0 Å². The Kier molecular flexibility index (Phi) is 4.91. The molecule has 2 aromatic rings. The quantitative estimate of drug-likeness (QED) is 0.827. The first-order chi connectivity index (χ1) is 10.2. The molecule has 0 aliphatic carbocycles. The Morgan fingerprint density at radius 3 is 2.27 bits per heavy atom. The standard InChI is InChI=1S/C12H8Cl3N3O3S/c1-22(20,21)12-16-5-8(15)10(18-12)11(19)17-9-6(13)3-2-4-7(9)14/h2-5H,1H3,(H,17,19). The largest absolute Gasteiger partial charge is 0.318 e. The van der Waals surface area contributed by atoms with Crippen molar-refractivity contribution in [3.63, 3.8) is 0 Å². The fourth-order valence-corrected chi connectivity index (χ4v) is 2.65. The summed E-state index contributed by atoms with van der Waals surface area (Å²) in [6, 6.07) is 4.68. The van der Waals surface area contributed by atoms with Gasteiger partial charge in [0.25, 0.3) is 5.91 Å². The lowest BCUT2D eigenvalue weighted by Crippen LogP contribution is -2.17. The van der Waals surface area contributed by atoms with Gasteiger partial charge in [0.1, 0.15) is 0 Å². The zero-order valence-corrected chi connectivity index (χ0v) is 14.1. The highest BCUT2D eigenvalue weighted by atomic mass is 35.5. The molecule has 0 aliphatic heterocycles. The number of carbonyl (C=O) groups is 1. The van der Waals surface area contributed by atoms with Crippen LogP contribution in [0.3, 0.4) is 0 Å². The van der Waals surface area contributed by atoms with E-state index in [-0.39, 0.29) is 26.4 Å². The smallest absolute Gasteiger partial charge is 0.276 e. The van der Waals surface area contributed by atoms with Crippen LogP contribution < -0.4 is 5.32 Å². The van der Waals surface area contributed by atoms with Gasteiger partial charge in [0.15, 0.2) is 5.69 Å². The summed E-state index contributed by atoms with van der Waals surface area (Å²) in [5.41, 5.74) is -0.125. The maximum Gasteiger partial charge on any atom is 0.276 e. The van der Waals surface area contributed by atoms with E-state index < -0.39 is 20.9 Å². The molecule has 2 rings (SSSR count). The van der Waals surface area contributed by atoms with Gasteiger partial charge in [0.05, 0.1) is 27.0 Å². The molecule has 0 aliphatic rings. The minimum Gasteiger partial charge on any atom is -0.318 e. The van der Waals surface area contributed by atoms with E-state index in [9.17, 15) is 13.2 Å². The van der Waals surface area contributed by atoms with Crippen molar-refractivity contribution < 1.29 is 13.2 Å². The summed E-state index contributed by atoms with van der Waals surface area (Å²) in [6.45, 7) is 0. The number of nitrogens with zero attached hydrogens (tertiary/aromatic N) is 2. The van der Waals surface area contributed by atoms with Gasteiger partial charge in [-0.25, -0.2) is 18.4 Å². The van der Waals surface area contributed by atoms with Crippen molar-refractivity contribution in [2.45, 2.75) is 5.16 Å². The predicted molar refractivity (Wildman–Crippen MR) is 84.6 cm³/mol. The Hall–Kier alpha value is -1.41. The molecular formula is C12H8Cl3N3O3S. The normalized spacial score (nSPS) is 11.3. The molecule has 0 fully saturated rings. The van der Waals surface area contributed by atoms with Gasteiger partial charge in [-0.2, -0.15) is 0 Å². The number of nitrogens with one attached hydrogen (secondary N) is 1. The van der Waals surface area contributed by atoms with Crippen molar-refractivity contribution in [1.82, 2.24) is 9.97 Å². The molecule has 22 heavy (non-hydrogen) atoms. The number of rotatable bonds is 3. The van der Waals surface area contributed by atoms with Gasteiger partial charge in [-0.15, -0.1) is 0 Å². The summed E-state index contributed by atoms with van der Waals surface area (Å²) in [4.78, 5) is 19.5. The molecule has 0 spiro atoms. The molecule has 116 valence electrons. The fourth-order valence-electron chi connectivity index (χ4n) is 1.48. The van der Waals surface area contributed by atoms with Gasteiger partial charge in [-0.3, -0.25) is 4.79 Å². The molecule has 1 aromatic carbocycles. The average molecular weight is 381 g/mol. The Labute approximate surface area is 141 Å². The maximum absolute atomic E-state index is 12.2. The second-order valence-corrected chi connectivity index (χ2v) is 7.30. The summed E-state index contributed by atoms with van der Waals surface area (Å²) in [5, 5.41) is 2.27. The molecule has 0 saturated heterocycles. The van der Waals surface area contributed by atoms with Crippen molar-refractivity contribution in [3.05, 3.63) is 45.2 Å². The van der Waals surface area contributed by atoms with Crippen LogP contribution in [-0.2, 0) is 9.84 Å². The molecule has 10 heteroatoms. The number of hydrogen-bond donors (Lipinski definition) is 1. The lowest BCUT2D eigenvalue weighted by molar-refractivity contribution is 0.102. The third-order valence-corrected chi connectivity index (χ3v) is 4.24. The van der Waals surface area contributed by atoms with Crippen LogP contribution >= 0.6 is 34.8 Å². The number of aromatic nitrogens is 2. The van der Waals surface area contributed by atoms with E-state index in [4.69, 9.17) is 34.8 Å². The van der Waals surface area contributed by atoms with E-state index in [0.717, 1.165) is 12.5 Å². The second-order valence-electron chi connectivity index (χ2n) is 4.17. The third-order valence-electron chi connectivity index (χ3n) is 2.47.